The molecule has 1 rings (SSSR count). The molecular formula is C14H25NO6. The fourth-order valence-electron chi connectivity index (χ4n) is 2.31. The number of alkyl carbamates (subject to hydrolysis) is 1. The molecule has 7 heteroatoms. The molecule has 21 heavy (non-hydrogen) atoms. The summed E-state index contributed by atoms with van der Waals surface area (Å²) in [5, 5.41) is 2.75. The van der Waals surface area contributed by atoms with E-state index in [1.165, 1.54) is 14.2 Å². The van der Waals surface area contributed by atoms with E-state index in [0.717, 1.165) is 0 Å². The van der Waals surface area contributed by atoms with Crippen LogP contribution in [0.25, 0.3) is 0 Å². The zero-order chi connectivity index (χ0) is 16.0. The minimum atomic E-state index is -0.576. The molecule has 3 atom stereocenters. The maximum absolute atomic E-state index is 11.8. The molecule has 0 spiro atoms. The lowest BCUT2D eigenvalue weighted by Crippen LogP contribution is -2.43. The quantitative estimate of drug-likeness (QED) is 0.611. The summed E-state index contributed by atoms with van der Waals surface area (Å²) in [5.74, 6) is -0.591. The highest BCUT2D eigenvalue weighted by Gasteiger charge is 2.40. The number of esters is 1. The normalized spacial score (nSPS) is 25.5. The van der Waals surface area contributed by atoms with E-state index in [9.17, 15) is 9.59 Å². The standard InChI is InChI=1S/C14H25NO6/c1-14(2,3)21-13(17)15-10-6-9(12(16)19-5)7-11(10)20-8-18-4/h9-11H,6-8H2,1-5H3,(H,15,17)/t9-,10+,11+/m0/s1. The molecule has 0 bridgehead atoms. The van der Waals surface area contributed by atoms with Crippen molar-refractivity contribution in [3.05, 3.63) is 0 Å². The van der Waals surface area contributed by atoms with Crippen LogP contribution in [0.2, 0.25) is 0 Å². The van der Waals surface area contributed by atoms with Gasteiger partial charge in [-0.15, -0.1) is 0 Å². The fraction of sp³-hybridized carbons (Fsp3) is 0.857. The lowest BCUT2D eigenvalue weighted by atomic mass is 10.1. The Labute approximate surface area is 125 Å². The number of amides is 1. The van der Waals surface area contributed by atoms with Crippen LogP contribution in [0.4, 0.5) is 4.79 Å². The molecule has 1 N–H and O–H groups in total. The highest BCUT2D eigenvalue weighted by molar-refractivity contribution is 5.73. The molecule has 122 valence electrons. The van der Waals surface area contributed by atoms with Crippen LogP contribution in [0.1, 0.15) is 33.6 Å². The first kappa shape index (κ1) is 17.7. The third-order valence-corrected chi connectivity index (χ3v) is 3.14. The predicted octanol–water partition coefficient (Wildman–Crippen LogP) is 1.45. The summed E-state index contributed by atoms with van der Waals surface area (Å²) >= 11 is 0. The molecule has 1 amide bonds. The topological polar surface area (TPSA) is 83.1 Å². The first-order valence-corrected chi connectivity index (χ1v) is 6.94. The van der Waals surface area contributed by atoms with Crippen LogP contribution in [0.5, 0.6) is 0 Å². The first-order valence-electron chi connectivity index (χ1n) is 6.94. The number of hydrogen-bond acceptors (Lipinski definition) is 6. The molecule has 0 aromatic heterocycles. The van der Waals surface area contributed by atoms with E-state index in [4.69, 9.17) is 18.9 Å². The minimum absolute atomic E-state index is 0.102. The van der Waals surface area contributed by atoms with E-state index in [1.807, 2.05) is 0 Å². The monoisotopic (exact) mass is 303 g/mol. The summed E-state index contributed by atoms with van der Waals surface area (Å²) in [5.41, 5.74) is -0.576. The van der Waals surface area contributed by atoms with Crippen LogP contribution in [0.3, 0.4) is 0 Å². The number of hydrogen-bond donors (Lipinski definition) is 1. The van der Waals surface area contributed by atoms with Gasteiger partial charge in [-0.05, 0) is 33.6 Å². The van der Waals surface area contributed by atoms with Crippen molar-refractivity contribution >= 4 is 12.1 Å². The van der Waals surface area contributed by atoms with Gasteiger partial charge in [0.2, 0.25) is 0 Å². The number of methoxy groups -OCH3 is 2. The molecule has 1 fully saturated rings. The second kappa shape index (κ2) is 7.61. The molecule has 7 nitrogen and oxygen atoms in total. The van der Waals surface area contributed by atoms with E-state index in [0.29, 0.717) is 12.8 Å². The summed E-state index contributed by atoms with van der Waals surface area (Å²) in [4.78, 5) is 23.5. The third kappa shape index (κ3) is 5.89. The van der Waals surface area contributed by atoms with E-state index in [-0.39, 0.29) is 30.8 Å². The van der Waals surface area contributed by atoms with Crippen molar-refractivity contribution in [1.82, 2.24) is 5.32 Å². The van der Waals surface area contributed by atoms with E-state index in [1.54, 1.807) is 20.8 Å². The molecule has 0 aliphatic heterocycles. The first-order chi connectivity index (χ1) is 9.76. The van der Waals surface area contributed by atoms with Crippen molar-refractivity contribution in [2.45, 2.75) is 51.4 Å². The Balaban J connectivity index is 2.62. The van der Waals surface area contributed by atoms with E-state index < -0.39 is 11.7 Å². The van der Waals surface area contributed by atoms with E-state index >= 15 is 0 Å². The van der Waals surface area contributed by atoms with Crippen molar-refractivity contribution in [3.8, 4) is 0 Å². The highest BCUT2D eigenvalue weighted by Crippen LogP contribution is 2.29. The Morgan fingerprint density at radius 1 is 1.19 bits per heavy atom. The zero-order valence-electron chi connectivity index (χ0n) is 13.3. The summed E-state index contributed by atoms with van der Waals surface area (Å²) < 4.78 is 20.4. The molecule has 0 aromatic carbocycles. The van der Waals surface area contributed by atoms with Gasteiger partial charge in [-0.25, -0.2) is 4.79 Å². The van der Waals surface area contributed by atoms with Crippen LogP contribution >= 0.6 is 0 Å². The van der Waals surface area contributed by atoms with Crippen LogP contribution in [0, 0.1) is 5.92 Å². The summed E-state index contributed by atoms with van der Waals surface area (Å²) in [6, 6.07) is -0.306. The number of carbonyl (C=O) groups excluding carboxylic acids is 2. The summed E-state index contributed by atoms with van der Waals surface area (Å²) in [6.45, 7) is 5.47. The Morgan fingerprint density at radius 2 is 1.86 bits per heavy atom. The van der Waals surface area contributed by atoms with Crippen molar-refractivity contribution < 1.29 is 28.5 Å². The second-order valence-corrected chi connectivity index (χ2v) is 6.06. The molecule has 0 unspecified atom stereocenters. The average Bonchev–Trinajstić information content (AvgIpc) is 2.76. The largest absolute Gasteiger partial charge is 0.469 e. The second-order valence-electron chi connectivity index (χ2n) is 6.06. The lowest BCUT2D eigenvalue weighted by Gasteiger charge is -2.24. The zero-order valence-corrected chi connectivity index (χ0v) is 13.3. The van der Waals surface area contributed by atoms with Gasteiger partial charge in [0.05, 0.1) is 25.2 Å². The van der Waals surface area contributed by atoms with Crippen molar-refractivity contribution in [3.63, 3.8) is 0 Å². The van der Waals surface area contributed by atoms with Crippen LogP contribution in [-0.4, -0.2) is 50.8 Å². The van der Waals surface area contributed by atoms with Gasteiger partial charge in [0.25, 0.3) is 0 Å². The Morgan fingerprint density at radius 3 is 2.38 bits per heavy atom. The number of rotatable bonds is 5. The lowest BCUT2D eigenvalue weighted by molar-refractivity contribution is -0.145. The smallest absolute Gasteiger partial charge is 0.407 e. The maximum Gasteiger partial charge on any atom is 0.407 e. The van der Waals surface area contributed by atoms with Gasteiger partial charge in [0.1, 0.15) is 12.4 Å². The molecule has 0 aromatic rings. The Bertz CT molecular complexity index is 365. The van der Waals surface area contributed by atoms with Gasteiger partial charge in [-0.2, -0.15) is 0 Å². The predicted molar refractivity (Wildman–Crippen MR) is 74.6 cm³/mol. The third-order valence-electron chi connectivity index (χ3n) is 3.14. The number of nitrogens with one attached hydrogen (secondary N) is 1. The van der Waals surface area contributed by atoms with Gasteiger partial charge < -0.3 is 24.3 Å². The minimum Gasteiger partial charge on any atom is -0.469 e. The van der Waals surface area contributed by atoms with Crippen molar-refractivity contribution in [2.24, 2.45) is 5.92 Å². The molecule has 1 aliphatic rings. The van der Waals surface area contributed by atoms with Crippen LogP contribution in [-0.2, 0) is 23.7 Å². The highest BCUT2D eigenvalue weighted by atomic mass is 16.7. The molecule has 0 saturated heterocycles. The summed E-state index contributed by atoms with van der Waals surface area (Å²) in [7, 11) is 2.87. The SMILES string of the molecule is COCO[C@@H]1C[C@@H](C(=O)OC)C[C@H]1NC(=O)OC(C)(C)C. The molecule has 1 saturated carbocycles. The molecule has 0 radical (unpaired) electrons. The van der Waals surface area contributed by atoms with Gasteiger partial charge in [-0.3, -0.25) is 4.79 Å². The molecule has 0 heterocycles. The number of ether oxygens (including phenoxy) is 4. The van der Waals surface area contributed by atoms with Crippen LogP contribution in [0.15, 0.2) is 0 Å². The molecular weight excluding hydrogens is 278 g/mol. The average molecular weight is 303 g/mol. The Kier molecular flexibility index (Phi) is 6.42. The molecule has 1 aliphatic carbocycles. The fourth-order valence-corrected chi connectivity index (χ4v) is 2.31. The van der Waals surface area contributed by atoms with Gasteiger partial charge >= 0.3 is 12.1 Å². The van der Waals surface area contributed by atoms with Crippen LogP contribution < -0.4 is 5.32 Å². The van der Waals surface area contributed by atoms with Gasteiger partial charge in [-0.1, -0.05) is 0 Å². The van der Waals surface area contributed by atoms with Crippen molar-refractivity contribution in [2.75, 3.05) is 21.0 Å². The van der Waals surface area contributed by atoms with Crippen molar-refractivity contribution in [1.29, 1.82) is 0 Å². The maximum atomic E-state index is 11.8. The number of carbonyl (C=O) groups is 2. The van der Waals surface area contributed by atoms with E-state index in [2.05, 4.69) is 5.32 Å². The Hall–Kier alpha value is -1.34. The van der Waals surface area contributed by atoms with Gasteiger partial charge in [0, 0.05) is 7.11 Å². The van der Waals surface area contributed by atoms with Gasteiger partial charge in [0.15, 0.2) is 0 Å². The summed E-state index contributed by atoms with van der Waals surface area (Å²) in [6.07, 6.45) is 0.113.